The molecule has 0 aromatic heterocycles. The Morgan fingerprint density at radius 1 is 0.923 bits per heavy atom. The van der Waals surface area contributed by atoms with Crippen LogP contribution in [0.3, 0.4) is 0 Å². The van der Waals surface area contributed by atoms with E-state index in [0.29, 0.717) is 10.6 Å². The van der Waals surface area contributed by atoms with Gasteiger partial charge in [0, 0.05) is 0 Å². The van der Waals surface area contributed by atoms with Gasteiger partial charge in [-0.15, -0.1) is 0 Å². The number of benzene rings is 1. The van der Waals surface area contributed by atoms with E-state index in [1.165, 1.54) is 43.7 Å². The number of hydrogen-bond donors (Lipinski definition) is 2. The molecule has 0 amide bonds. The molecule has 4 nitrogen and oxygen atoms in total. The SMILES string of the molecule is CC1CC[NH+](C[C@@H](CS(=O)(=O)c2ccccc2)[NH+]2CCC(C)CC2)CC1. The van der Waals surface area contributed by atoms with E-state index in [-0.39, 0.29) is 6.04 Å². The van der Waals surface area contributed by atoms with E-state index < -0.39 is 9.84 Å². The van der Waals surface area contributed by atoms with E-state index in [9.17, 15) is 8.42 Å². The second-order valence-electron chi connectivity index (χ2n) is 8.77. The number of piperidine rings is 2. The Bertz CT molecular complexity index is 646. The van der Waals surface area contributed by atoms with Crippen molar-refractivity contribution in [2.75, 3.05) is 38.5 Å². The van der Waals surface area contributed by atoms with E-state index in [1.807, 2.05) is 18.2 Å². The Hall–Kier alpha value is -0.910. The Morgan fingerprint density at radius 3 is 2.04 bits per heavy atom. The van der Waals surface area contributed by atoms with Crippen LogP contribution >= 0.6 is 0 Å². The van der Waals surface area contributed by atoms with Gasteiger partial charge in [0.05, 0.1) is 31.1 Å². The molecule has 1 atom stereocenters. The van der Waals surface area contributed by atoms with Crippen molar-refractivity contribution < 1.29 is 18.2 Å². The van der Waals surface area contributed by atoms with Crippen LogP contribution in [-0.2, 0) is 9.84 Å². The number of hydrogen-bond acceptors (Lipinski definition) is 2. The zero-order chi connectivity index (χ0) is 18.6. The third-order valence-electron chi connectivity index (χ3n) is 6.53. The highest BCUT2D eigenvalue weighted by atomic mass is 32.2. The molecule has 146 valence electrons. The molecule has 2 saturated heterocycles. The predicted octanol–water partition coefficient (Wildman–Crippen LogP) is 0.459. The van der Waals surface area contributed by atoms with Gasteiger partial charge in [0.15, 0.2) is 15.9 Å². The summed E-state index contributed by atoms with van der Waals surface area (Å²) in [5.74, 6) is 1.90. The maximum Gasteiger partial charge on any atom is 0.184 e. The lowest BCUT2D eigenvalue weighted by Crippen LogP contribution is -3.24. The minimum absolute atomic E-state index is 0.219. The topological polar surface area (TPSA) is 43.0 Å². The third kappa shape index (κ3) is 5.30. The van der Waals surface area contributed by atoms with Crippen LogP contribution in [0.4, 0.5) is 0 Å². The highest BCUT2D eigenvalue weighted by molar-refractivity contribution is 7.91. The molecule has 2 heterocycles. The molecule has 2 aliphatic heterocycles. The minimum Gasteiger partial charge on any atom is -0.330 e. The van der Waals surface area contributed by atoms with Crippen molar-refractivity contribution in [2.45, 2.75) is 50.5 Å². The van der Waals surface area contributed by atoms with Gasteiger partial charge in [-0.25, -0.2) is 8.42 Å². The molecular formula is C21H36N2O2S+2. The van der Waals surface area contributed by atoms with Gasteiger partial charge < -0.3 is 9.80 Å². The molecule has 2 aliphatic rings. The van der Waals surface area contributed by atoms with Crippen molar-refractivity contribution >= 4 is 9.84 Å². The molecule has 0 aliphatic carbocycles. The quantitative estimate of drug-likeness (QED) is 0.753. The minimum atomic E-state index is -3.22. The van der Waals surface area contributed by atoms with Crippen LogP contribution in [0.5, 0.6) is 0 Å². The average Bonchev–Trinajstić information content (AvgIpc) is 2.64. The number of likely N-dealkylation sites (tertiary alicyclic amines) is 2. The molecule has 0 spiro atoms. The Morgan fingerprint density at radius 2 is 1.46 bits per heavy atom. The lowest BCUT2D eigenvalue weighted by atomic mass is 9.97. The summed E-state index contributed by atoms with van der Waals surface area (Å²) in [6.45, 7) is 10.3. The summed E-state index contributed by atoms with van der Waals surface area (Å²) < 4.78 is 26.0. The first kappa shape index (κ1) is 19.8. The number of sulfone groups is 1. The maximum absolute atomic E-state index is 13.0. The average molecular weight is 381 g/mol. The van der Waals surface area contributed by atoms with Crippen LogP contribution < -0.4 is 9.80 Å². The van der Waals surface area contributed by atoms with E-state index >= 15 is 0 Å². The summed E-state index contributed by atoms with van der Waals surface area (Å²) in [6, 6.07) is 9.25. The van der Waals surface area contributed by atoms with Gasteiger partial charge in [-0.2, -0.15) is 0 Å². The van der Waals surface area contributed by atoms with Crippen molar-refractivity contribution in [3.05, 3.63) is 30.3 Å². The van der Waals surface area contributed by atoms with Crippen LogP contribution in [0, 0.1) is 11.8 Å². The highest BCUT2D eigenvalue weighted by Crippen LogP contribution is 2.12. The molecular weight excluding hydrogens is 344 g/mol. The lowest BCUT2D eigenvalue weighted by molar-refractivity contribution is -0.980. The molecule has 2 fully saturated rings. The third-order valence-corrected chi connectivity index (χ3v) is 8.36. The number of nitrogens with one attached hydrogen (secondary N) is 2. The monoisotopic (exact) mass is 380 g/mol. The van der Waals surface area contributed by atoms with Gasteiger partial charge in [-0.1, -0.05) is 32.0 Å². The molecule has 26 heavy (non-hydrogen) atoms. The van der Waals surface area contributed by atoms with Gasteiger partial charge in [0.1, 0.15) is 12.3 Å². The van der Waals surface area contributed by atoms with Crippen LogP contribution in [0.15, 0.2) is 35.2 Å². The summed E-state index contributed by atoms with van der Waals surface area (Å²) in [5, 5.41) is 0. The largest absolute Gasteiger partial charge is 0.330 e. The zero-order valence-electron chi connectivity index (χ0n) is 16.4. The molecule has 1 aromatic carbocycles. The van der Waals surface area contributed by atoms with E-state index in [0.717, 1.165) is 31.5 Å². The smallest absolute Gasteiger partial charge is 0.184 e. The molecule has 5 heteroatoms. The van der Waals surface area contributed by atoms with Crippen molar-refractivity contribution in [2.24, 2.45) is 11.8 Å². The van der Waals surface area contributed by atoms with Crippen LogP contribution in [-0.4, -0.2) is 52.9 Å². The van der Waals surface area contributed by atoms with Gasteiger partial charge in [0.2, 0.25) is 0 Å². The summed E-state index contributed by atoms with van der Waals surface area (Å²) in [4.78, 5) is 3.62. The fourth-order valence-electron chi connectivity index (χ4n) is 4.57. The number of rotatable bonds is 6. The second-order valence-corrected chi connectivity index (χ2v) is 10.8. The second kappa shape index (κ2) is 8.85. The van der Waals surface area contributed by atoms with Crippen molar-refractivity contribution in [3.8, 4) is 0 Å². The van der Waals surface area contributed by atoms with Crippen molar-refractivity contribution in [1.29, 1.82) is 0 Å². The normalized spacial score (nSPS) is 31.5. The van der Waals surface area contributed by atoms with Crippen LogP contribution in [0.2, 0.25) is 0 Å². The first-order chi connectivity index (χ1) is 12.4. The van der Waals surface area contributed by atoms with E-state index in [2.05, 4.69) is 13.8 Å². The van der Waals surface area contributed by atoms with Crippen LogP contribution in [0.1, 0.15) is 39.5 Å². The first-order valence-electron chi connectivity index (χ1n) is 10.4. The highest BCUT2D eigenvalue weighted by Gasteiger charge is 2.35. The summed E-state index contributed by atoms with van der Waals surface area (Å²) in [5.41, 5.74) is 0. The van der Waals surface area contributed by atoms with E-state index in [1.54, 1.807) is 17.0 Å². The molecule has 3 rings (SSSR count). The van der Waals surface area contributed by atoms with Crippen LogP contribution in [0.25, 0.3) is 0 Å². The lowest BCUT2D eigenvalue weighted by Gasteiger charge is -2.36. The van der Waals surface area contributed by atoms with Crippen molar-refractivity contribution in [3.63, 3.8) is 0 Å². The van der Waals surface area contributed by atoms with Gasteiger partial charge in [0.25, 0.3) is 0 Å². The Labute approximate surface area is 159 Å². The summed E-state index contributed by atoms with van der Waals surface area (Å²) in [6.07, 6.45) is 5.01. The molecule has 0 unspecified atom stereocenters. The fourth-order valence-corrected chi connectivity index (χ4v) is 6.22. The molecule has 0 radical (unpaired) electrons. The first-order valence-corrected chi connectivity index (χ1v) is 12.0. The van der Waals surface area contributed by atoms with Crippen molar-refractivity contribution in [1.82, 2.24) is 0 Å². The zero-order valence-corrected chi connectivity index (χ0v) is 17.2. The van der Waals surface area contributed by atoms with Gasteiger partial charge in [-0.3, -0.25) is 0 Å². The molecule has 1 aromatic rings. The summed E-state index contributed by atoms with van der Waals surface area (Å²) >= 11 is 0. The van der Waals surface area contributed by atoms with Gasteiger partial charge >= 0.3 is 0 Å². The van der Waals surface area contributed by atoms with E-state index in [4.69, 9.17) is 0 Å². The Balaban J connectivity index is 1.72. The molecule has 0 saturated carbocycles. The maximum atomic E-state index is 13.0. The molecule has 0 bridgehead atoms. The summed E-state index contributed by atoms with van der Waals surface area (Å²) in [7, 11) is -3.22. The Kier molecular flexibility index (Phi) is 6.76. The van der Waals surface area contributed by atoms with Gasteiger partial charge in [-0.05, 0) is 49.7 Å². The molecule has 2 N–H and O–H groups in total. The fraction of sp³-hybridized carbons (Fsp3) is 0.714. The number of quaternary nitrogens is 2. The predicted molar refractivity (Wildman–Crippen MR) is 105 cm³/mol. The standard InChI is InChI=1S/C21H34N2O2S/c1-18-8-12-22(13-9-18)16-20(23-14-10-19(2)11-15-23)17-26(24,25)21-6-4-3-5-7-21/h3-7,18-20H,8-17H2,1-2H3/p+2/t20-/m0/s1.